The molecule has 0 aliphatic rings. The summed E-state index contributed by atoms with van der Waals surface area (Å²) in [5, 5.41) is 15.2. The minimum atomic E-state index is -3.72. The largest absolute Gasteiger partial charge is 0.387 e. The Kier molecular flexibility index (Phi) is 8.17. The number of hydrazine groups is 1. The van der Waals surface area contributed by atoms with E-state index in [0.29, 0.717) is 23.4 Å². The molecule has 0 bridgehead atoms. The molecule has 1 atom stereocenters. The number of β-amino-alcohol motifs (C(OH)–C–C–N with tert-alkyl or cyclic N) is 1. The van der Waals surface area contributed by atoms with Crippen LogP contribution < -0.4 is 21.3 Å². The molecule has 1 amide bonds. The van der Waals surface area contributed by atoms with Crippen LogP contribution in [-0.2, 0) is 16.6 Å². The number of aliphatic hydroxyl groups is 1. The number of nitrogens with two attached hydrogens (primary N) is 1. The smallest absolute Gasteiger partial charge is 0.265 e. The van der Waals surface area contributed by atoms with Crippen molar-refractivity contribution in [1.29, 1.82) is 0 Å². The fraction of sp³-hybridized carbons (Fsp3) is 0.250. The molecular formula is C28H33N5O4S. The summed E-state index contributed by atoms with van der Waals surface area (Å²) in [6, 6.07) is 22.3. The predicted molar refractivity (Wildman–Crippen MR) is 149 cm³/mol. The molecule has 4 rings (SSSR count). The molecule has 1 heterocycles. The zero-order valence-electron chi connectivity index (χ0n) is 21.4. The molecule has 6 N–H and O–H groups in total. The molecule has 0 radical (unpaired) electrons. The lowest BCUT2D eigenvalue weighted by atomic mass is 9.99. The number of hydrogen-bond acceptors (Lipinski definition) is 6. The Labute approximate surface area is 222 Å². The molecule has 0 fully saturated rings. The summed E-state index contributed by atoms with van der Waals surface area (Å²) >= 11 is 0. The maximum absolute atomic E-state index is 12.6. The van der Waals surface area contributed by atoms with Crippen molar-refractivity contribution in [2.24, 2.45) is 5.84 Å². The van der Waals surface area contributed by atoms with Crippen molar-refractivity contribution >= 4 is 32.5 Å². The minimum absolute atomic E-state index is 0.173. The highest BCUT2D eigenvalue weighted by Crippen LogP contribution is 2.23. The molecule has 0 aliphatic carbocycles. The third-order valence-electron chi connectivity index (χ3n) is 6.49. The van der Waals surface area contributed by atoms with Crippen LogP contribution in [0.3, 0.4) is 0 Å². The van der Waals surface area contributed by atoms with Gasteiger partial charge in [-0.15, -0.1) is 0 Å². The summed E-state index contributed by atoms with van der Waals surface area (Å²) in [6.07, 6.45) is 1.95. The Bertz CT molecular complexity index is 1520. The minimum Gasteiger partial charge on any atom is -0.387 e. The number of amides is 1. The third kappa shape index (κ3) is 6.59. The Morgan fingerprint density at radius 1 is 1.03 bits per heavy atom. The van der Waals surface area contributed by atoms with Crippen molar-refractivity contribution in [2.75, 3.05) is 11.3 Å². The maximum atomic E-state index is 12.6. The number of sulfonamides is 1. The van der Waals surface area contributed by atoms with Crippen molar-refractivity contribution in [3.8, 4) is 0 Å². The Balaban J connectivity index is 1.35. The van der Waals surface area contributed by atoms with E-state index in [2.05, 4.69) is 33.9 Å². The molecule has 200 valence electrons. The summed E-state index contributed by atoms with van der Waals surface area (Å²) in [6.45, 7) is 5.17. The van der Waals surface area contributed by atoms with Crippen molar-refractivity contribution in [1.82, 2.24) is 15.3 Å². The van der Waals surface area contributed by atoms with E-state index >= 15 is 0 Å². The van der Waals surface area contributed by atoms with Crippen molar-refractivity contribution in [2.45, 2.75) is 43.4 Å². The van der Waals surface area contributed by atoms with Gasteiger partial charge in [-0.05, 0) is 74.4 Å². The van der Waals surface area contributed by atoms with Crippen molar-refractivity contribution < 1.29 is 18.3 Å². The van der Waals surface area contributed by atoms with Gasteiger partial charge in [0.05, 0.1) is 11.0 Å². The maximum Gasteiger partial charge on any atom is 0.265 e. The van der Waals surface area contributed by atoms with Crippen LogP contribution in [-0.4, -0.2) is 36.1 Å². The van der Waals surface area contributed by atoms with Crippen LogP contribution in [0.2, 0.25) is 0 Å². The fourth-order valence-corrected chi connectivity index (χ4v) is 5.29. The van der Waals surface area contributed by atoms with Crippen molar-refractivity contribution in [3.05, 3.63) is 96.2 Å². The summed E-state index contributed by atoms with van der Waals surface area (Å²) in [4.78, 5) is 12.0. The Morgan fingerprint density at radius 2 is 1.79 bits per heavy atom. The summed E-state index contributed by atoms with van der Waals surface area (Å²) < 4.78 is 30.0. The number of hydrogen-bond donors (Lipinski definition) is 5. The molecular weight excluding hydrogens is 502 g/mol. The first kappa shape index (κ1) is 27.3. The van der Waals surface area contributed by atoms with Gasteiger partial charge in [0.1, 0.15) is 0 Å². The van der Waals surface area contributed by atoms with E-state index in [4.69, 9.17) is 5.84 Å². The summed E-state index contributed by atoms with van der Waals surface area (Å²) in [5.41, 5.74) is 4.37. The van der Waals surface area contributed by atoms with Gasteiger partial charge in [0.25, 0.3) is 15.9 Å². The quantitative estimate of drug-likeness (QED) is 0.113. The number of nitrogens with zero attached hydrogens (tertiary/aromatic N) is 1. The average molecular weight is 536 g/mol. The van der Waals surface area contributed by atoms with Gasteiger partial charge in [-0.2, -0.15) is 0 Å². The van der Waals surface area contributed by atoms with Gasteiger partial charge in [0.2, 0.25) is 0 Å². The monoisotopic (exact) mass is 535 g/mol. The molecule has 4 aromatic rings. The molecule has 10 heteroatoms. The number of rotatable bonds is 11. The van der Waals surface area contributed by atoms with E-state index < -0.39 is 16.1 Å². The molecule has 38 heavy (non-hydrogen) atoms. The SMILES string of the molecule is CC(C)(CCn1ccc2cc(C(=O)NN)ccc21)NC[C@H](O)c1cccc(NS(=O)(=O)c2ccccc2)c1. The molecule has 3 aromatic carbocycles. The van der Waals surface area contributed by atoms with Crippen LogP contribution in [0.15, 0.2) is 90.0 Å². The first-order valence-electron chi connectivity index (χ1n) is 12.3. The number of anilines is 1. The molecule has 0 saturated carbocycles. The highest BCUT2D eigenvalue weighted by atomic mass is 32.2. The number of carbonyl (C=O) groups is 1. The fourth-order valence-electron chi connectivity index (χ4n) is 4.22. The van der Waals surface area contributed by atoms with Gasteiger partial charge >= 0.3 is 0 Å². The van der Waals surface area contributed by atoms with E-state index in [1.807, 2.05) is 24.4 Å². The number of nitrogens with one attached hydrogen (secondary N) is 3. The second-order valence-corrected chi connectivity index (χ2v) is 11.5. The number of carbonyl (C=O) groups excluding carboxylic acids is 1. The van der Waals surface area contributed by atoms with E-state index in [1.165, 1.54) is 12.1 Å². The second kappa shape index (κ2) is 11.4. The van der Waals surface area contributed by atoms with Gasteiger partial charge in [-0.25, -0.2) is 14.3 Å². The standard InChI is InChI=1S/C28H33N5O4S/c1-28(2,14-16-33-15-13-20-17-22(27(35)31-29)11-12-25(20)33)30-19-26(34)21-7-6-8-23(18-21)32-38(36,37)24-9-4-3-5-10-24/h3-13,15,17-18,26,30,32,34H,14,16,19,29H2,1-2H3,(H,31,35)/t26-/m0/s1. The van der Waals surface area contributed by atoms with Crippen LogP contribution in [0, 0.1) is 0 Å². The highest BCUT2D eigenvalue weighted by Gasteiger charge is 2.20. The van der Waals surface area contributed by atoms with Crippen LogP contribution in [0.25, 0.3) is 10.9 Å². The van der Waals surface area contributed by atoms with Gasteiger partial charge in [0.15, 0.2) is 0 Å². The second-order valence-electron chi connectivity index (χ2n) is 9.83. The van der Waals surface area contributed by atoms with Gasteiger partial charge < -0.3 is 15.0 Å². The highest BCUT2D eigenvalue weighted by molar-refractivity contribution is 7.92. The van der Waals surface area contributed by atoms with E-state index in [1.54, 1.807) is 48.5 Å². The van der Waals surface area contributed by atoms with Gasteiger partial charge in [0, 0.05) is 47.0 Å². The number of fused-ring (bicyclic) bond motifs is 1. The normalized spacial score (nSPS) is 12.8. The van der Waals surface area contributed by atoms with E-state index in [9.17, 15) is 18.3 Å². The third-order valence-corrected chi connectivity index (χ3v) is 7.89. The lowest BCUT2D eigenvalue weighted by Gasteiger charge is -2.28. The van der Waals surface area contributed by atoms with Crippen LogP contribution in [0.1, 0.15) is 42.3 Å². The van der Waals surface area contributed by atoms with Gasteiger partial charge in [-0.1, -0.05) is 30.3 Å². The lowest BCUT2D eigenvalue weighted by molar-refractivity contribution is 0.0953. The number of benzene rings is 3. The molecule has 0 aliphatic heterocycles. The number of aliphatic hydroxyl groups excluding tert-OH is 1. The molecule has 1 aromatic heterocycles. The summed E-state index contributed by atoms with van der Waals surface area (Å²) in [7, 11) is -3.72. The zero-order chi connectivity index (χ0) is 27.3. The predicted octanol–water partition coefficient (Wildman–Crippen LogP) is 3.54. The molecule has 0 spiro atoms. The van der Waals surface area contributed by atoms with Gasteiger partial charge in [-0.3, -0.25) is 14.9 Å². The van der Waals surface area contributed by atoms with Crippen molar-refractivity contribution in [3.63, 3.8) is 0 Å². The van der Waals surface area contributed by atoms with E-state index in [0.717, 1.165) is 23.9 Å². The first-order valence-corrected chi connectivity index (χ1v) is 13.8. The van der Waals surface area contributed by atoms with Crippen LogP contribution in [0.4, 0.5) is 5.69 Å². The zero-order valence-corrected chi connectivity index (χ0v) is 22.2. The Hall–Kier alpha value is -3.70. The molecule has 0 unspecified atom stereocenters. The van der Waals surface area contributed by atoms with Crippen LogP contribution in [0.5, 0.6) is 0 Å². The van der Waals surface area contributed by atoms with Crippen LogP contribution >= 0.6 is 0 Å². The number of aromatic nitrogens is 1. The average Bonchev–Trinajstić information content (AvgIpc) is 3.33. The lowest BCUT2D eigenvalue weighted by Crippen LogP contribution is -2.42. The number of aryl methyl sites for hydroxylation is 1. The van der Waals surface area contributed by atoms with E-state index in [-0.39, 0.29) is 16.3 Å². The topological polar surface area (TPSA) is 138 Å². The number of nitrogen functional groups attached to an aromatic ring is 1. The summed E-state index contributed by atoms with van der Waals surface area (Å²) in [5.74, 6) is 4.90. The molecule has 0 saturated heterocycles. The molecule has 9 nitrogen and oxygen atoms in total. The Morgan fingerprint density at radius 3 is 2.53 bits per heavy atom. The first-order chi connectivity index (χ1) is 18.1.